The minimum atomic E-state index is -7.95. The molecule has 2 aliphatic rings. The Hall–Kier alpha value is -2.76. The van der Waals surface area contributed by atoms with E-state index in [1.54, 1.807) is 0 Å². The van der Waals surface area contributed by atoms with Crippen molar-refractivity contribution in [2.45, 2.75) is 102 Å². The Morgan fingerprint density at radius 1 is 0.424 bits per heavy atom. The summed E-state index contributed by atoms with van der Waals surface area (Å²) in [6.07, 6.45) is -25.5. The van der Waals surface area contributed by atoms with Crippen molar-refractivity contribution in [1.82, 2.24) is 0 Å². The molecule has 2 aliphatic carbocycles. The fourth-order valence-corrected chi connectivity index (χ4v) is 7.01. The van der Waals surface area contributed by atoms with Crippen LogP contribution < -0.4 is 0 Å². The first-order chi connectivity index (χ1) is 30.1. The molecule has 0 radical (unpaired) electrons. The van der Waals surface area contributed by atoms with Crippen LogP contribution in [0.5, 0.6) is 0 Å². The van der Waals surface area contributed by atoms with E-state index in [-0.39, 0.29) is 6.61 Å². The second kappa shape index (κ2) is 21.5. The van der Waals surface area contributed by atoms with Gasteiger partial charge in [0, 0.05) is 6.61 Å². The van der Waals surface area contributed by atoms with Gasteiger partial charge in [0.15, 0.2) is 0 Å². The topological polar surface area (TPSA) is 73.8 Å². The van der Waals surface area contributed by atoms with Crippen LogP contribution in [-0.2, 0) is 37.9 Å². The molecule has 2 saturated carbocycles. The number of hydrogen-bond donors (Lipinski definition) is 0. The van der Waals surface area contributed by atoms with Gasteiger partial charge in [-0.15, -0.1) is 26.3 Å². The van der Waals surface area contributed by atoms with E-state index < -0.39 is 181 Å². The zero-order chi connectivity index (χ0) is 51.0. The number of hydrogen-bond acceptors (Lipinski definition) is 8. The molecule has 8 nitrogen and oxygen atoms in total. The minimum Gasteiger partial charge on any atom is -0.377 e. The van der Waals surface area contributed by atoms with Crippen molar-refractivity contribution in [3.8, 4) is 0 Å². The summed E-state index contributed by atoms with van der Waals surface area (Å²) in [6.45, 7) is -11.7. The second-order valence-corrected chi connectivity index (χ2v) is 14.9. The number of halogens is 20. The lowest BCUT2D eigenvalue weighted by Crippen LogP contribution is -2.99. The van der Waals surface area contributed by atoms with Gasteiger partial charge >= 0.3 is 30.2 Å². The molecule has 0 spiro atoms. The van der Waals surface area contributed by atoms with E-state index in [4.69, 9.17) is 4.74 Å². The van der Waals surface area contributed by atoms with Crippen LogP contribution in [0.4, 0.5) is 87.8 Å². The van der Waals surface area contributed by atoms with Crippen LogP contribution in [-0.4, -0.2) is 162 Å². The Morgan fingerprint density at radius 2 is 0.803 bits per heavy atom. The van der Waals surface area contributed by atoms with Crippen molar-refractivity contribution in [2.75, 3.05) is 85.9 Å². The van der Waals surface area contributed by atoms with E-state index >= 15 is 61.5 Å². The first-order valence-corrected chi connectivity index (χ1v) is 19.1. The quantitative estimate of drug-likeness (QED) is 0.0375. The predicted octanol–water partition coefficient (Wildman–Crippen LogP) is 10.0. The standard InChI is InChI=1S/C38H46F20O8/c1-5-13-59-17-9-18-64-37(55,56)28(43)10-11-29(44,38(57,58)66-23-27(41,42)21-62-16-8-4)33(49)30(45,24-63-22-26(39,40)20-61-15-7-3)35(51,52)36(53,54)31(46,34(28,33)50)25-65-32(47,48)12-19-60-14-6-2/h5-8H,1-4,9-25H2. The van der Waals surface area contributed by atoms with Gasteiger partial charge in [0.25, 0.3) is 11.8 Å². The summed E-state index contributed by atoms with van der Waals surface area (Å²) in [5.41, 5.74) is -44.6. The number of alkyl halides is 20. The van der Waals surface area contributed by atoms with Gasteiger partial charge in [0.05, 0.1) is 59.3 Å². The lowest BCUT2D eigenvalue weighted by Gasteiger charge is -2.69. The molecule has 0 amide bonds. The van der Waals surface area contributed by atoms with Crippen molar-refractivity contribution in [3.05, 3.63) is 50.6 Å². The number of fused-ring (bicyclic) bond motifs is 1. The highest BCUT2D eigenvalue weighted by Gasteiger charge is 3.08. The third-order valence-corrected chi connectivity index (χ3v) is 10.2. The van der Waals surface area contributed by atoms with Crippen molar-refractivity contribution in [2.24, 2.45) is 0 Å². The van der Waals surface area contributed by atoms with Crippen LogP contribution in [0.25, 0.3) is 0 Å². The van der Waals surface area contributed by atoms with E-state index in [1.807, 2.05) is 0 Å². The molecular weight excluding hydrogens is 964 g/mol. The van der Waals surface area contributed by atoms with E-state index in [2.05, 4.69) is 59.5 Å². The molecule has 28 heteroatoms. The summed E-state index contributed by atoms with van der Waals surface area (Å²) in [7, 11) is 0. The average molecular weight is 1010 g/mol. The Labute approximate surface area is 364 Å². The molecule has 0 bridgehead atoms. The fraction of sp³-hybridized carbons (Fsp3) is 0.789. The zero-order valence-electron chi connectivity index (χ0n) is 34.5. The lowest BCUT2D eigenvalue weighted by molar-refractivity contribution is -0.506. The smallest absolute Gasteiger partial charge is 0.377 e. The summed E-state index contributed by atoms with van der Waals surface area (Å²) in [6, 6.07) is 0. The molecular formula is C38H46F20O8. The first kappa shape index (κ1) is 59.4. The molecule has 0 saturated heterocycles. The van der Waals surface area contributed by atoms with Crippen molar-refractivity contribution in [1.29, 1.82) is 0 Å². The second-order valence-electron chi connectivity index (χ2n) is 14.9. The van der Waals surface area contributed by atoms with Gasteiger partial charge in [-0.3, -0.25) is 0 Å². The monoisotopic (exact) mass is 1010 g/mol. The Kier molecular flexibility index (Phi) is 19.3. The van der Waals surface area contributed by atoms with Crippen LogP contribution >= 0.6 is 0 Å². The SMILES string of the molecule is C=CCOCCCOC(F)(F)C1(F)CCC(F)(C(F)(F)OCC(F)(F)COCC=C)C2(F)C(F)(COCC(F)(F)COCC=C)C(F)(F)C(F)(F)C(F)(COC(F)(F)CCOCC=C)C12F. The molecule has 0 heterocycles. The van der Waals surface area contributed by atoms with Gasteiger partial charge < -0.3 is 37.9 Å². The Bertz CT molecular complexity index is 1630. The van der Waals surface area contributed by atoms with Gasteiger partial charge in [-0.1, -0.05) is 24.3 Å². The number of ether oxygens (including phenoxy) is 8. The molecule has 2 rings (SSSR count). The summed E-state index contributed by atoms with van der Waals surface area (Å²) < 4.78 is 357. The van der Waals surface area contributed by atoms with E-state index in [9.17, 15) is 26.3 Å². The predicted molar refractivity (Wildman–Crippen MR) is 189 cm³/mol. The summed E-state index contributed by atoms with van der Waals surface area (Å²) in [5.74, 6) is -25.5. The molecule has 0 aromatic carbocycles. The summed E-state index contributed by atoms with van der Waals surface area (Å²) in [4.78, 5) is 0. The van der Waals surface area contributed by atoms with Crippen molar-refractivity contribution in [3.63, 3.8) is 0 Å². The third kappa shape index (κ3) is 10.7. The summed E-state index contributed by atoms with van der Waals surface area (Å²) in [5, 5.41) is 0. The van der Waals surface area contributed by atoms with E-state index in [0.717, 1.165) is 24.3 Å². The van der Waals surface area contributed by atoms with Gasteiger partial charge in [-0.2, -0.15) is 43.9 Å². The molecule has 0 aromatic rings. The molecule has 386 valence electrons. The maximum atomic E-state index is 18.3. The van der Waals surface area contributed by atoms with Crippen LogP contribution in [0, 0.1) is 0 Å². The van der Waals surface area contributed by atoms with Crippen molar-refractivity contribution < 1.29 is 126 Å². The normalized spacial score (nSPS) is 30.4. The Morgan fingerprint density at radius 3 is 1.26 bits per heavy atom. The first-order valence-electron chi connectivity index (χ1n) is 19.1. The molecule has 0 N–H and O–H groups in total. The minimum absolute atomic E-state index is 0.350. The maximum absolute atomic E-state index is 18.3. The molecule has 66 heavy (non-hydrogen) atoms. The maximum Gasteiger partial charge on any atom is 0.393 e. The van der Waals surface area contributed by atoms with Gasteiger partial charge in [-0.25, -0.2) is 43.9 Å². The van der Waals surface area contributed by atoms with E-state index in [1.165, 1.54) is 0 Å². The molecule has 6 atom stereocenters. The number of rotatable bonds is 32. The fourth-order valence-electron chi connectivity index (χ4n) is 7.01. The van der Waals surface area contributed by atoms with Crippen LogP contribution in [0.2, 0.25) is 0 Å². The van der Waals surface area contributed by atoms with Gasteiger partial charge in [-0.05, 0) is 19.3 Å². The summed E-state index contributed by atoms with van der Waals surface area (Å²) >= 11 is 0. The lowest BCUT2D eigenvalue weighted by atomic mass is 9.43. The highest BCUT2D eigenvalue weighted by atomic mass is 19.3. The van der Waals surface area contributed by atoms with Gasteiger partial charge in [0.1, 0.15) is 26.4 Å². The van der Waals surface area contributed by atoms with Crippen LogP contribution in [0.3, 0.4) is 0 Å². The Balaban J connectivity index is 3.16. The zero-order valence-corrected chi connectivity index (χ0v) is 34.5. The molecule has 6 unspecified atom stereocenters. The third-order valence-electron chi connectivity index (χ3n) is 10.2. The van der Waals surface area contributed by atoms with Gasteiger partial charge in [0.2, 0.25) is 34.0 Å². The van der Waals surface area contributed by atoms with Crippen LogP contribution in [0.15, 0.2) is 50.6 Å². The molecule has 2 fully saturated rings. The van der Waals surface area contributed by atoms with Crippen LogP contribution in [0.1, 0.15) is 25.7 Å². The molecule has 0 aromatic heterocycles. The highest BCUT2D eigenvalue weighted by molar-refractivity contribution is 5.46. The van der Waals surface area contributed by atoms with Crippen molar-refractivity contribution >= 4 is 0 Å². The largest absolute Gasteiger partial charge is 0.393 e. The molecule has 0 aliphatic heterocycles. The average Bonchev–Trinajstić information content (AvgIpc) is 3.22. The van der Waals surface area contributed by atoms with E-state index in [0.29, 0.717) is 0 Å². The highest BCUT2D eigenvalue weighted by Crippen LogP contribution is 2.79.